The van der Waals surface area contributed by atoms with E-state index in [4.69, 9.17) is 0 Å². The SMILES string of the molecule is CCn1nc(C(=O)NNC(=O)[C@@H]2CC(=O)N([C@@H]3CCC[C@H](C)[C@H]3C)C2)c2ccccc2c1=O. The number of nitrogens with zero attached hydrogens (tertiary/aromatic N) is 3. The summed E-state index contributed by atoms with van der Waals surface area (Å²) < 4.78 is 1.22. The molecular weight excluding hydrogens is 422 g/mol. The van der Waals surface area contributed by atoms with Gasteiger partial charge in [-0.15, -0.1) is 0 Å². The van der Waals surface area contributed by atoms with E-state index in [0.29, 0.717) is 35.7 Å². The Labute approximate surface area is 192 Å². The van der Waals surface area contributed by atoms with Gasteiger partial charge in [0.15, 0.2) is 5.69 Å². The minimum absolute atomic E-state index is 0.00453. The van der Waals surface area contributed by atoms with Gasteiger partial charge in [0.2, 0.25) is 11.8 Å². The van der Waals surface area contributed by atoms with E-state index in [1.165, 1.54) is 11.1 Å². The van der Waals surface area contributed by atoms with E-state index in [1.807, 2.05) is 4.90 Å². The van der Waals surface area contributed by atoms with Crippen molar-refractivity contribution in [2.75, 3.05) is 6.54 Å². The lowest BCUT2D eigenvalue weighted by Gasteiger charge is -2.40. The van der Waals surface area contributed by atoms with E-state index in [-0.39, 0.29) is 29.6 Å². The first-order valence-corrected chi connectivity index (χ1v) is 11.7. The minimum atomic E-state index is -0.613. The average Bonchev–Trinajstić information content (AvgIpc) is 3.21. The van der Waals surface area contributed by atoms with Crippen molar-refractivity contribution < 1.29 is 14.4 Å². The van der Waals surface area contributed by atoms with Crippen LogP contribution in [0, 0.1) is 17.8 Å². The van der Waals surface area contributed by atoms with Crippen molar-refractivity contribution in [2.24, 2.45) is 17.8 Å². The van der Waals surface area contributed by atoms with Gasteiger partial charge in [-0.3, -0.25) is 30.0 Å². The Morgan fingerprint density at radius 2 is 1.82 bits per heavy atom. The molecule has 33 heavy (non-hydrogen) atoms. The fourth-order valence-corrected chi connectivity index (χ4v) is 5.12. The lowest BCUT2D eigenvalue weighted by molar-refractivity contribution is -0.132. The molecule has 176 valence electrons. The molecule has 3 amide bonds. The summed E-state index contributed by atoms with van der Waals surface area (Å²) in [5.74, 6) is -0.580. The van der Waals surface area contributed by atoms with Gasteiger partial charge < -0.3 is 4.90 Å². The maximum atomic E-state index is 12.8. The number of likely N-dealkylation sites (tertiary alicyclic amines) is 1. The molecule has 4 atom stereocenters. The van der Waals surface area contributed by atoms with Gasteiger partial charge in [-0.25, -0.2) is 4.68 Å². The first-order chi connectivity index (χ1) is 15.8. The third kappa shape index (κ3) is 4.36. The molecular formula is C24H31N5O4. The van der Waals surface area contributed by atoms with Crippen LogP contribution in [0.4, 0.5) is 0 Å². The zero-order valence-electron chi connectivity index (χ0n) is 19.3. The van der Waals surface area contributed by atoms with Crippen molar-refractivity contribution in [1.29, 1.82) is 0 Å². The van der Waals surface area contributed by atoms with Crippen molar-refractivity contribution in [3.05, 3.63) is 40.3 Å². The monoisotopic (exact) mass is 453 g/mol. The predicted molar refractivity (Wildman–Crippen MR) is 123 cm³/mol. The summed E-state index contributed by atoms with van der Waals surface area (Å²) in [5.41, 5.74) is 4.66. The van der Waals surface area contributed by atoms with Gasteiger partial charge in [0.25, 0.3) is 11.5 Å². The number of hydrazine groups is 1. The second kappa shape index (κ2) is 9.33. The molecule has 1 saturated carbocycles. The van der Waals surface area contributed by atoms with Crippen LogP contribution < -0.4 is 16.4 Å². The van der Waals surface area contributed by atoms with E-state index in [2.05, 4.69) is 29.8 Å². The number of rotatable bonds is 4. The minimum Gasteiger partial charge on any atom is -0.339 e. The first-order valence-electron chi connectivity index (χ1n) is 11.7. The third-order valence-electron chi connectivity index (χ3n) is 7.27. The molecule has 4 rings (SSSR count). The van der Waals surface area contributed by atoms with Crippen LogP contribution in [0.25, 0.3) is 10.8 Å². The van der Waals surface area contributed by atoms with Gasteiger partial charge in [-0.1, -0.05) is 44.9 Å². The molecule has 1 aliphatic carbocycles. The molecule has 2 aliphatic rings. The number of carbonyl (C=O) groups is 3. The van der Waals surface area contributed by atoms with Crippen LogP contribution in [0.1, 0.15) is 56.9 Å². The molecule has 2 heterocycles. The van der Waals surface area contributed by atoms with Gasteiger partial charge in [-0.05, 0) is 31.2 Å². The number of hydrogen-bond acceptors (Lipinski definition) is 5. The van der Waals surface area contributed by atoms with Crippen LogP contribution >= 0.6 is 0 Å². The Balaban J connectivity index is 1.43. The molecule has 0 spiro atoms. The lowest BCUT2D eigenvalue weighted by Crippen LogP contribution is -2.47. The molecule has 1 aliphatic heterocycles. The van der Waals surface area contributed by atoms with Crippen LogP contribution in [0.5, 0.6) is 0 Å². The van der Waals surface area contributed by atoms with E-state index in [0.717, 1.165) is 12.8 Å². The molecule has 0 radical (unpaired) electrons. The highest BCUT2D eigenvalue weighted by Gasteiger charge is 2.41. The summed E-state index contributed by atoms with van der Waals surface area (Å²) >= 11 is 0. The summed E-state index contributed by atoms with van der Waals surface area (Å²) in [6.45, 7) is 6.85. The molecule has 1 saturated heterocycles. The maximum Gasteiger partial charge on any atom is 0.290 e. The van der Waals surface area contributed by atoms with E-state index in [9.17, 15) is 19.2 Å². The topological polar surface area (TPSA) is 113 Å². The van der Waals surface area contributed by atoms with Crippen molar-refractivity contribution in [3.63, 3.8) is 0 Å². The molecule has 2 fully saturated rings. The maximum absolute atomic E-state index is 12.8. The Bertz CT molecular complexity index is 1140. The quantitative estimate of drug-likeness (QED) is 0.686. The first kappa shape index (κ1) is 22.9. The number of aryl methyl sites for hydroxylation is 1. The summed E-state index contributed by atoms with van der Waals surface area (Å²) in [5, 5.41) is 4.98. The van der Waals surface area contributed by atoms with Crippen LogP contribution in [-0.2, 0) is 16.1 Å². The average molecular weight is 454 g/mol. The summed E-state index contributed by atoms with van der Waals surface area (Å²) in [6, 6.07) is 6.91. The van der Waals surface area contributed by atoms with E-state index in [1.54, 1.807) is 31.2 Å². The Hall–Kier alpha value is -3.23. The molecule has 9 heteroatoms. The van der Waals surface area contributed by atoms with Crippen molar-refractivity contribution in [3.8, 4) is 0 Å². The number of fused-ring (bicyclic) bond motifs is 1. The third-order valence-corrected chi connectivity index (χ3v) is 7.27. The zero-order chi connectivity index (χ0) is 23.7. The van der Waals surface area contributed by atoms with Crippen LogP contribution in [-0.4, -0.2) is 45.0 Å². The molecule has 1 aromatic carbocycles. The Morgan fingerprint density at radius 1 is 1.09 bits per heavy atom. The van der Waals surface area contributed by atoms with E-state index >= 15 is 0 Å². The fourth-order valence-electron chi connectivity index (χ4n) is 5.12. The smallest absolute Gasteiger partial charge is 0.290 e. The molecule has 2 N–H and O–H groups in total. The van der Waals surface area contributed by atoms with Gasteiger partial charge in [0.1, 0.15) is 0 Å². The van der Waals surface area contributed by atoms with Crippen molar-refractivity contribution in [2.45, 2.75) is 59.0 Å². The highest BCUT2D eigenvalue weighted by Crippen LogP contribution is 2.35. The number of hydrogen-bond donors (Lipinski definition) is 2. The van der Waals surface area contributed by atoms with Crippen LogP contribution in [0.3, 0.4) is 0 Å². The molecule has 0 unspecified atom stereocenters. The number of aromatic nitrogens is 2. The standard InChI is InChI=1S/C24H31N5O4/c1-4-29-24(33)18-10-6-5-9-17(18)21(27-29)23(32)26-25-22(31)16-12-20(30)28(13-16)19-11-7-8-14(2)15(19)3/h5-6,9-10,14-16,19H,4,7-8,11-13H2,1-3H3,(H,25,31)(H,26,32)/t14-,15+,16+,19+/m0/s1. The Kier molecular flexibility index (Phi) is 6.49. The number of amides is 3. The predicted octanol–water partition coefficient (Wildman–Crippen LogP) is 1.85. The van der Waals surface area contributed by atoms with Crippen LogP contribution in [0.15, 0.2) is 29.1 Å². The zero-order valence-corrected chi connectivity index (χ0v) is 19.3. The fraction of sp³-hybridized carbons (Fsp3) is 0.542. The molecule has 1 aromatic heterocycles. The number of benzene rings is 1. The molecule has 2 aromatic rings. The van der Waals surface area contributed by atoms with Gasteiger partial charge >= 0.3 is 0 Å². The molecule has 9 nitrogen and oxygen atoms in total. The Morgan fingerprint density at radius 3 is 2.55 bits per heavy atom. The summed E-state index contributed by atoms with van der Waals surface area (Å²) in [6.07, 6.45) is 3.37. The van der Waals surface area contributed by atoms with Gasteiger partial charge in [-0.2, -0.15) is 5.10 Å². The van der Waals surface area contributed by atoms with E-state index < -0.39 is 17.7 Å². The van der Waals surface area contributed by atoms with Crippen molar-refractivity contribution >= 4 is 28.5 Å². The summed E-state index contributed by atoms with van der Waals surface area (Å²) in [4.78, 5) is 52.6. The largest absolute Gasteiger partial charge is 0.339 e. The second-order valence-electron chi connectivity index (χ2n) is 9.24. The number of nitrogens with one attached hydrogen (secondary N) is 2. The highest BCUT2D eigenvalue weighted by atomic mass is 16.2. The second-order valence-corrected chi connectivity index (χ2v) is 9.24. The molecule has 0 bridgehead atoms. The van der Waals surface area contributed by atoms with Gasteiger partial charge in [0, 0.05) is 30.9 Å². The lowest BCUT2D eigenvalue weighted by atomic mass is 9.77. The normalized spacial score (nSPS) is 25.3. The summed E-state index contributed by atoms with van der Waals surface area (Å²) in [7, 11) is 0. The van der Waals surface area contributed by atoms with Crippen molar-refractivity contribution in [1.82, 2.24) is 25.5 Å². The highest BCUT2D eigenvalue weighted by molar-refractivity contribution is 6.05. The number of carbonyl (C=O) groups excluding carboxylic acids is 3. The van der Waals surface area contributed by atoms with Crippen LogP contribution in [0.2, 0.25) is 0 Å². The van der Waals surface area contributed by atoms with Gasteiger partial charge in [0.05, 0.1) is 11.3 Å².